The zero-order chi connectivity index (χ0) is 10.8. The maximum Gasteiger partial charge on any atom is 0.252 e. The van der Waals surface area contributed by atoms with Crippen molar-refractivity contribution in [2.45, 2.75) is 43.9 Å². The second-order valence-corrected chi connectivity index (χ2v) is 3.93. The lowest BCUT2D eigenvalue weighted by molar-refractivity contribution is -0.117. The summed E-state index contributed by atoms with van der Waals surface area (Å²) in [4.78, 5) is 0. The number of nitrogens with two attached hydrogens (primary N) is 1. The largest absolute Gasteiger partial charge is 0.330 e. The highest BCUT2D eigenvalue weighted by molar-refractivity contribution is 4.85. The van der Waals surface area contributed by atoms with Gasteiger partial charge in [-0.15, -0.1) is 0 Å². The van der Waals surface area contributed by atoms with Crippen molar-refractivity contribution >= 4 is 0 Å². The molecule has 1 aliphatic carbocycles. The van der Waals surface area contributed by atoms with Gasteiger partial charge in [-0.05, 0) is 19.4 Å². The van der Waals surface area contributed by atoms with Crippen LogP contribution < -0.4 is 5.73 Å². The Kier molecular flexibility index (Phi) is 3.40. The van der Waals surface area contributed by atoms with Gasteiger partial charge in [-0.2, -0.15) is 0 Å². The molecule has 1 aliphatic rings. The van der Waals surface area contributed by atoms with Crippen LogP contribution in [0.3, 0.4) is 0 Å². The number of rotatable bonds is 3. The van der Waals surface area contributed by atoms with Crippen molar-refractivity contribution in [3.63, 3.8) is 0 Å². The Bertz CT molecular complexity index is 183. The zero-order valence-corrected chi connectivity index (χ0v) is 7.91. The molecular formula is C9H15F4N. The first kappa shape index (κ1) is 11.8. The molecule has 1 rings (SSSR count). The normalized spacial score (nSPS) is 23.8. The van der Waals surface area contributed by atoms with Crippen LogP contribution in [0, 0.1) is 5.92 Å². The van der Waals surface area contributed by atoms with E-state index in [1.807, 2.05) is 0 Å². The van der Waals surface area contributed by atoms with Crippen LogP contribution >= 0.6 is 0 Å². The SMILES string of the molecule is NCCC(F)(F)C1CCC(F)(F)CC1. The van der Waals surface area contributed by atoms with Crippen molar-refractivity contribution in [2.75, 3.05) is 6.54 Å². The highest BCUT2D eigenvalue weighted by Gasteiger charge is 2.45. The molecule has 0 atom stereocenters. The fourth-order valence-corrected chi connectivity index (χ4v) is 1.86. The lowest BCUT2D eigenvalue weighted by Crippen LogP contribution is -2.36. The minimum absolute atomic E-state index is 0.0972. The van der Waals surface area contributed by atoms with Crippen LogP contribution in [0.2, 0.25) is 0 Å². The fourth-order valence-electron chi connectivity index (χ4n) is 1.86. The maximum absolute atomic E-state index is 13.2. The second-order valence-electron chi connectivity index (χ2n) is 3.93. The minimum atomic E-state index is -2.87. The predicted molar refractivity (Wildman–Crippen MR) is 45.5 cm³/mol. The lowest BCUT2D eigenvalue weighted by atomic mass is 9.81. The van der Waals surface area contributed by atoms with Crippen LogP contribution in [0.15, 0.2) is 0 Å². The van der Waals surface area contributed by atoms with Gasteiger partial charge in [0.1, 0.15) is 0 Å². The van der Waals surface area contributed by atoms with Crippen LogP contribution in [0.4, 0.5) is 17.6 Å². The van der Waals surface area contributed by atoms with Gasteiger partial charge < -0.3 is 5.73 Å². The van der Waals surface area contributed by atoms with Crippen LogP contribution in [0.1, 0.15) is 32.1 Å². The van der Waals surface area contributed by atoms with E-state index in [1.54, 1.807) is 0 Å². The molecular weight excluding hydrogens is 198 g/mol. The van der Waals surface area contributed by atoms with Crippen LogP contribution in [-0.4, -0.2) is 18.4 Å². The third-order valence-corrected chi connectivity index (χ3v) is 2.79. The molecule has 1 saturated carbocycles. The van der Waals surface area contributed by atoms with E-state index in [9.17, 15) is 17.6 Å². The molecule has 0 aromatic carbocycles. The van der Waals surface area contributed by atoms with Crippen molar-refractivity contribution in [3.05, 3.63) is 0 Å². The summed E-state index contributed by atoms with van der Waals surface area (Å²) in [7, 11) is 0. The number of hydrogen-bond acceptors (Lipinski definition) is 1. The summed E-state index contributed by atoms with van der Waals surface area (Å²) < 4.78 is 51.8. The molecule has 0 heterocycles. The molecule has 1 fully saturated rings. The van der Waals surface area contributed by atoms with Crippen molar-refractivity contribution in [1.82, 2.24) is 0 Å². The van der Waals surface area contributed by atoms with E-state index in [1.165, 1.54) is 0 Å². The standard InChI is InChI=1S/C9H15F4N/c10-8(11)3-1-7(2-4-8)9(12,13)5-6-14/h7H,1-6,14H2. The van der Waals surface area contributed by atoms with Crippen molar-refractivity contribution in [1.29, 1.82) is 0 Å². The predicted octanol–water partition coefficient (Wildman–Crippen LogP) is 2.80. The first-order valence-electron chi connectivity index (χ1n) is 4.83. The van der Waals surface area contributed by atoms with E-state index in [2.05, 4.69) is 0 Å². The molecule has 0 aromatic rings. The molecule has 0 saturated heterocycles. The molecule has 0 unspecified atom stereocenters. The smallest absolute Gasteiger partial charge is 0.252 e. The average molecular weight is 213 g/mol. The topological polar surface area (TPSA) is 26.0 Å². The third kappa shape index (κ3) is 2.83. The summed E-state index contributed by atoms with van der Waals surface area (Å²) in [6.45, 7) is -0.0973. The van der Waals surface area contributed by atoms with Gasteiger partial charge in [-0.25, -0.2) is 17.6 Å². The molecule has 0 aromatic heterocycles. The number of hydrogen-bond donors (Lipinski definition) is 1. The minimum Gasteiger partial charge on any atom is -0.330 e. The Hall–Kier alpha value is -0.320. The molecule has 0 aliphatic heterocycles. The first-order chi connectivity index (χ1) is 6.37. The molecule has 0 spiro atoms. The zero-order valence-electron chi connectivity index (χ0n) is 7.91. The maximum atomic E-state index is 13.2. The van der Waals surface area contributed by atoms with Crippen LogP contribution in [0.25, 0.3) is 0 Å². The van der Waals surface area contributed by atoms with Gasteiger partial charge in [0, 0.05) is 25.2 Å². The Labute approximate surface area is 80.7 Å². The van der Waals surface area contributed by atoms with E-state index in [4.69, 9.17) is 5.73 Å². The van der Waals surface area contributed by atoms with E-state index in [0.717, 1.165) is 0 Å². The van der Waals surface area contributed by atoms with E-state index in [0.29, 0.717) is 0 Å². The first-order valence-corrected chi connectivity index (χ1v) is 4.83. The molecule has 0 radical (unpaired) electrons. The molecule has 84 valence electrons. The number of alkyl halides is 4. The molecule has 0 bridgehead atoms. The average Bonchev–Trinajstić information content (AvgIpc) is 2.03. The number of halogens is 4. The monoisotopic (exact) mass is 213 g/mol. The highest BCUT2D eigenvalue weighted by atomic mass is 19.3. The summed E-state index contributed by atoms with van der Waals surface area (Å²) in [5.41, 5.74) is 5.05. The van der Waals surface area contributed by atoms with Gasteiger partial charge in [0.2, 0.25) is 5.92 Å². The van der Waals surface area contributed by atoms with Crippen molar-refractivity contribution in [2.24, 2.45) is 11.7 Å². The summed E-state index contributed by atoms with van der Waals surface area (Å²) in [6, 6.07) is 0. The summed E-state index contributed by atoms with van der Waals surface area (Å²) in [6.07, 6.45) is -1.43. The Morgan fingerprint density at radius 1 is 1.21 bits per heavy atom. The van der Waals surface area contributed by atoms with Gasteiger partial charge in [0.05, 0.1) is 0 Å². The Balaban J connectivity index is 2.48. The third-order valence-electron chi connectivity index (χ3n) is 2.79. The van der Waals surface area contributed by atoms with E-state index >= 15 is 0 Å². The van der Waals surface area contributed by atoms with Gasteiger partial charge in [-0.1, -0.05) is 0 Å². The summed E-state index contributed by atoms with van der Waals surface area (Å²) >= 11 is 0. The second kappa shape index (κ2) is 4.04. The van der Waals surface area contributed by atoms with Crippen molar-refractivity contribution < 1.29 is 17.6 Å². The van der Waals surface area contributed by atoms with Crippen LogP contribution in [0.5, 0.6) is 0 Å². The van der Waals surface area contributed by atoms with Gasteiger partial charge in [0.25, 0.3) is 5.92 Å². The fraction of sp³-hybridized carbons (Fsp3) is 1.00. The molecule has 2 N–H and O–H groups in total. The van der Waals surface area contributed by atoms with Gasteiger partial charge in [-0.3, -0.25) is 0 Å². The highest BCUT2D eigenvalue weighted by Crippen LogP contribution is 2.43. The molecule has 1 nitrogen and oxygen atoms in total. The Morgan fingerprint density at radius 3 is 2.14 bits per heavy atom. The molecule has 0 amide bonds. The van der Waals surface area contributed by atoms with Gasteiger partial charge >= 0.3 is 0 Å². The van der Waals surface area contributed by atoms with Gasteiger partial charge in [0.15, 0.2) is 0 Å². The van der Waals surface area contributed by atoms with Crippen LogP contribution in [-0.2, 0) is 0 Å². The van der Waals surface area contributed by atoms with E-state index < -0.39 is 37.0 Å². The lowest BCUT2D eigenvalue weighted by Gasteiger charge is -2.33. The molecule has 14 heavy (non-hydrogen) atoms. The van der Waals surface area contributed by atoms with E-state index in [-0.39, 0.29) is 19.4 Å². The van der Waals surface area contributed by atoms with Crippen molar-refractivity contribution in [3.8, 4) is 0 Å². The molecule has 5 heteroatoms. The Morgan fingerprint density at radius 2 is 1.71 bits per heavy atom. The summed E-state index contributed by atoms with van der Waals surface area (Å²) in [5, 5.41) is 0. The quantitative estimate of drug-likeness (QED) is 0.717. The summed E-state index contributed by atoms with van der Waals surface area (Å²) in [5.74, 6) is -6.52.